The van der Waals surface area contributed by atoms with Crippen molar-refractivity contribution in [2.75, 3.05) is 26.3 Å². The molecule has 0 saturated carbocycles. The normalized spacial score (nSPS) is 21.4. The molecule has 1 saturated heterocycles. The summed E-state index contributed by atoms with van der Waals surface area (Å²) in [5.74, 6) is 0. The summed E-state index contributed by atoms with van der Waals surface area (Å²) in [6, 6.07) is 1.77. The molecule has 0 aromatic heterocycles. The van der Waals surface area contributed by atoms with Crippen LogP contribution in [0.3, 0.4) is 0 Å². The second kappa shape index (κ2) is 5.03. The number of hydrogen-bond donors (Lipinski definition) is 0. The Morgan fingerprint density at radius 2 is 2.31 bits per heavy atom. The highest BCUT2D eigenvalue weighted by Gasteiger charge is 2.32. The average molecular weight is 238 g/mol. The maximum Gasteiger partial charge on any atom is 0.422 e. The predicted octanol–water partition coefficient (Wildman–Crippen LogP) is 0.910. The first-order chi connectivity index (χ1) is 7.42. The highest BCUT2D eigenvalue weighted by atomic mass is 19.4. The molecule has 1 heterocycles. The van der Waals surface area contributed by atoms with Crippen LogP contribution < -0.4 is 0 Å². The summed E-state index contributed by atoms with van der Waals surface area (Å²) in [4.78, 5) is 12.2. The van der Waals surface area contributed by atoms with Gasteiger partial charge in [-0.25, -0.2) is 4.79 Å². The van der Waals surface area contributed by atoms with Gasteiger partial charge in [-0.2, -0.15) is 18.4 Å². The Hall–Kier alpha value is -1.49. The second-order valence-electron chi connectivity index (χ2n) is 3.10. The molecule has 1 atom stereocenters. The van der Waals surface area contributed by atoms with Crippen LogP contribution in [0.4, 0.5) is 18.0 Å². The van der Waals surface area contributed by atoms with Crippen LogP contribution in [-0.2, 0) is 9.47 Å². The van der Waals surface area contributed by atoms with Crippen molar-refractivity contribution >= 4 is 6.09 Å². The lowest BCUT2D eigenvalue weighted by atomic mass is 10.3. The number of ether oxygens (including phenoxy) is 2. The molecule has 1 unspecified atom stereocenters. The number of rotatable bonds is 1. The molecule has 16 heavy (non-hydrogen) atoms. The average Bonchev–Trinajstić information content (AvgIpc) is 2.25. The number of halogens is 3. The van der Waals surface area contributed by atoms with Crippen molar-refractivity contribution in [3.63, 3.8) is 0 Å². The van der Waals surface area contributed by atoms with Crippen molar-refractivity contribution in [2.45, 2.75) is 12.3 Å². The summed E-state index contributed by atoms with van der Waals surface area (Å²) in [6.07, 6.45) is -6.44. The summed E-state index contributed by atoms with van der Waals surface area (Å²) in [5.41, 5.74) is 0. The lowest BCUT2D eigenvalue weighted by molar-refractivity contribution is -0.163. The lowest BCUT2D eigenvalue weighted by Crippen LogP contribution is -2.45. The molecule has 1 aliphatic rings. The highest BCUT2D eigenvalue weighted by Crippen LogP contribution is 2.15. The molecule has 1 rings (SSSR count). The monoisotopic (exact) mass is 238 g/mol. The smallest absolute Gasteiger partial charge is 0.422 e. The van der Waals surface area contributed by atoms with Crippen molar-refractivity contribution in [1.82, 2.24) is 4.90 Å². The Bertz CT molecular complexity index is 300. The van der Waals surface area contributed by atoms with E-state index in [9.17, 15) is 18.0 Å². The fraction of sp³-hybridized carbons (Fsp3) is 0.750. The maximum absolute atomic E-state index is 11.8. The molecule has 0 spiro atoms. The Kier molecular flexibility index (Phi) is 3.95. The zero-order valence-corrected chi connectivity index (χ0v) is 8.16. The molecular weight excluding hydrogens is 229 g/mol. The largest absolute Gasteiger partial charge is 0.440 e. The van der Waals surface area contributed by atoms with Crippen LogP contribution in [-0.4, -0.2) is 49.6 Å². The van der Waals surface area contributed by atoms with Crippen molar-refractivity contribution in [3.8, 4) is 6.07 Å². The third kappa shape index (κ3) is 3.94. The summed E-state index contributed by atoms with van der Waals surface area (Å²) >= 11 is 0. The van der Waals surface area contributed by atoms with Gasteiger partial charge in [0, 0.05) is 6.54 Å². The van der Waals surface area contributed by atoms with Gasteiger partial charge < -0.3 is 14.4 Å². The van der Waals surface area contributed by atoms with Gasteiger partial charge >= 0.3 is 12.3 Å². The molecule has 0 bridgehead atoms. The fourth-order valence-electron chi connectivity index (χ4n) is 1.13. The summed E-state index contributed by atoms with van der Waals surface area (Å²) < 4.78 is 44.2. The lowest BCUT2D eigenvalue weighted by Gasteiger charge is -2.28. The molecule has 0 radical (unpaired) electrons. The number of nitrogens with zero attached hydrogens (tertiary/aromatic N) is 2. The number of hydrogen-bond acceptors (Lipinski definition) is 4. The van der Waals surface area contributed by atoms with Gasteiger partial charge in [0.05, 0.1) is 19.2 Å². The van der Waals surface area contributed by atoms with E-state index in [1.54, 1.807) is 6.07 Å². The Labute approximate surface area is 89.3 Å². The van der Waals surface area contributed by atoms with E-state index in [-0.39, 0.29) is 19.7 Å². The third-order valence-electron chi connectivity index (χ3n) is 1.83. The third-order valence-corrected chi connectivity index (χ3v) is 1.83. The molecule has 0 aromatic rings. The Balaban J connectivity index is 2.39. The molecule has 8 heteroatoms. The highest BCUT2D eigenvalue weighted by molar-refractivity contribution is 5.67. The van der Waals surface area contributed by atoms with Crippen molar-refractivity contribution in [1.29, 1.82) is 5.26 Å². The minimum Gasteiger partial charge on any atom is -0.440 e. The summed E-state index contributed by atoms with van der Waals surface area (Å²) in [6.45, 7) is -1.47. The number of carbonyl (C=O) groups excluding carboxylic acids is 1. The van der Waals surface area contributed by atoms with Gasteiger partial charge in [-0.05, 0) is 0 Å². The van der Waals surface area contributed by atoms with Crippen LogP contribution in [0.25, 0.3) is 0 Å². The number of amides is 1. The van der Waals surface area contributed by atoms with Crippen LogP contribution in [0.1, 0.15) is 0 Å². The topological polar surface area (TPSA) is 62.6 Å². The van der Waals surface area contributed by atoms with Gasteiger partial charge in [-0.3, -0.25) is 0 Å². The van der Waals surface area contributed by atoms with E-state index in [1.807, 2.05) is 0 Å². The number of alkyl halides is 3. The molecule has 0 aliphatic carbocycles. The van der Waals surface area contributed by atoms with Gasteiger partial charge in [-0.1, -0.05) is 0 Å². The van der Waals surface area contributed by atoms with Crippen LogP contribution in [0.15, 0.2) is 0 Å². The zero-order chi connectivity index (χ0) is 12.2. The van der Waals surface area contributed by atoms with E-state index in [2.05, 4.69) is 4.74 Å². The van der Waals surface area contributed by atoms with Crippen LogP contribution in [0.5, 0.6) is 0 Å². The quantitative estimate of drug-likeness (QED) is 0.681. The molecule has 1 aliphatic heterocycles. The van der Waals surface area contributed by atoms with E-state index in [1.165, 1.54) is 0 Å². The number of carbonyl (C=O) groups is 1. The molecule has 5 nitrogen and oxygen atoms in total. The van der Waals surface area contributed by atoms with Crippen molar-refractivity contribution < 1.29 is 27.4 Å². The van der Waals surface area contributed by atoms with E-state index in [0.717, 1.165) is 4.90 Å². The van der Waals surface area contributed by atoms with Crippen molar-refractivity contribution in [3.05, 3.63) is 0 Å². The van der Waals surface area contributed by atoms with Crippen LogP contribution in [0, 0.1) is 11.3 Å². The van der Waals surface area contributed by atoms with Gasteiger partial charge in [0.15, 0.2) is 12.7 Å². The molecule has 0 aromatic carbocycles. The zero-order valence-electron chi connectivity index (χ0n) is 8.16. The Morgan fingerprint density at radius 1 is 1.62 bits per heavy atom. The first-order valence-electron chi connectivity index (χ1n) is 4.42. The number of morpholine rings is 1. The van der Waals surface area contributed by atoms with Crippen molar-refractivity contribution in [2.24, 2.45) is 0 Å². The molecular formula is C8H9F3N2O3. The van der Waals surface area contributed by atoms with E-state index in [4.69, 9.17) is 10.00 Å². The summed E-state index contributed by atoms with van der Waals surface area (Å²) in [5, 5.41) is 8.52. The minimum atomic E-state index is -4.55. The fourth-order valence-corrected chi connectivity index (χ4v) is 1.13. The van der Waals surface area contributed by atoms with E-state index >= 15 is 0 Å². The summed E-state index contributed by atoms with van der Waals surface area (Å²) in [7, 11) is 0. The van der Waals surface area contributed by atoms with E-state index in [0.29, 0.717) is 0 Å². The van der Waals surface area contributed by atoms with Gasteiger partial charge in [-0.15, -0.1) is 0 Å². The maximum atomic E-state index is 11.8. The standard InChI is InChI=1S/C8H9F3N2O3/c9-8(10,11)5-16-7(14)13-1-2-15-6(3-12)4-13/h6H,1-2,4-5H2. The molecule has 1 amide bonds. The first-order valence-corrected chi connectivity index (χ1v) is 4.42. The predicted molar refractivity (Wildman–Crippen MR) is 44.3 cm³/mol. The van der Waals surface area contributed by atoms with Crippen LogP contribution in [0.2, 0.25) is 0 Å². The van der Waals surface area contributed by atoms with Gasteiger partial charge in [0.1, 0.15) is 0 Å². The van der Waals surface area contributed by atoms with Gasteiger partial charge in [0.2, 0.25) is 0 Å². The van der Waals surface area contributed by atoms with E-state index < -0.39 is 25.0 Å². The second-order valence-corrected chi connectivity index (χ2v) is 3.10. The first kappa shape index (κ1) is 12.6. The molecule has 0 N–H and O–H groups in total. The molecule has 1 fully saturated rings. The van der Waals surface area contributed by atoms with Gasteiger partial charge in [0.25, 0.3) is 0 Å². The van der Waals surface area contributed by atoms with Crippen LogP contribution >= 0.6 is 0 Å². The number of nitriles is 1. The SMILES string of the molecule is N#CC1CN(C(=O)OCC(F)(F)F)CCO1. The molecule has 90 valence electrons. The minimum absolute atomic E-state index is 0.0762. The Morgan fingerprint density at radius 3 is 2.88 bits per heavy atom.